The largest absolute Gasteiger partial charge is 0.353 e. The summed E-state index contributed by atoms with van der Waals surface area (Å²) in [4.78, 5) is 30.2. The van der Waals surface area contributed by atoms with Gasteiger partial charge in [-0.3, -0.25) is 14.5 Å². The third-order valence-corrected chi connectivity index (χ3v) is 7.82. The number of rotatable bonds is 10. The monoisotopic (exact) mass is 552 g/mol. The molecule has 38 heavy (non-hydrogen) atoms. The SMILES string of the molecule is BC(=O)N[C@H](Cc1ccc(Cl)cc1Cl)C(=O)N1CCN(CCc2ccc3ccccc3c2)C[C@@H]1CCCN. The molecule has 4 rings (SSSR count). The molecule has 0 bridgehead atoms. The maximum absolute atomic E-state index is 13.8. The van der Waals surface area contributed by atoms with Crippen LogP contribution in [-0.2, 0) is 17.6 Å². The zero-order chi connectivity index (χ0) is 27.1. The highest BCUT2D eigenvalue weighted by Gasteiger charge is 2.34. The fraction of sp³-hybridized carbons (Fsp3) is 0.379. The number of carbonyl (C=O) groups excluding carboxylic acids is 2. The molecule has 6 nitrogen and oxygen atoms in total. The van der Waals surface area contributed by atoms with E-state index in [4.69, 9.17) is 28.9 Å². The van der Waals surface area contributed by atoms with Gasteiger partial charge < -0.3 is 16.0 Å². The molecule has 1 aliphatic heterocycles. The highest BCUT2D eigenvalue weighted by molar-refractivity contribution is 6.57. The highest BCUT2D eigenvalue weighted by atomic mass is 35.5. The number of nitrogens with one attached hydrogen (secondary N) is 1. The van der Waals surface area contributed by atoms with Crippen LogP contribution < -0.4 is 11.1 Å². The zero-order valence-electron chi connectivity index (χ0n) is 21.8. The van der Waals surface area contributed by atoms with Gasteiger partial charge >= 0.3 is 0 Å². The van der Waals surface area contributed by atoms with Gasteiger partial charge in [-0.15, -0.1) is 0 Å². The summed E-state index contributed by atoms with van der Waals surface area (Å²) in [5.41, 5.74) is 7.92. The van der Waals surface area contributed by atoms with Gasteiger partial charge in [0.05, 0.1) is 0 Å². The lowest BCUT2D eigenvalue weighted by atomic mass is 9.99. The first-order valence-electron chi connectivity index (χ1n) is 13.3. The number of hydrogen-bond donors (Lipinski definition) is 2. The third-order valence-electron chi connectivity index (χ3n) is 7.24. The standard InChI is InChI=1S/C29H35BCl2N4O2/c30-29(38)34-27(17-23-9-10-24(31)18-26(23)32)28(37)36-15-14-35(19-25(36)6-3-12-33)13-11-20-7-8-21-4-1-2-5-22(21)16-20/h1-2,4-5,7-10,16,18,25,27H,3,6,11-15,17,19,30,33H2,(H,34,38)/t25-,27+/m0/s1. The molecule has 3 aromatic carbocycles. The molecule has 0 aliphatic carbocycles. The normalized spacial score (nSPS) is 16.9. The Kier molecular flexibility index (Phi) is 10.1. The first-order chi connectivity index (χ1) is 18.3. The van der Waals surface area contributed by atoms with E-state index in [0.29, 0.717) is 29.6 Å². The topological polar surface area (TPSA) is 78.7 Å². The lowest BCUT2D eigenvalue weighted by molar-refractivity contribution is -0.138. The van der Waals surface area contributed by atoms with Crippen molar-refractivity contribution in [1.29, 1.82) is 0 Å². The van der Waals surface area contributed by atoms with Crippen molar-refractivity contribution in [3.05, 3.63) is 81.8 Å². The van der Waals surface area contributed by atoms with Crippen molar-refractivity contribution >= 4 is 53.5 Å². The van der Waals surface area contributed by atoms with Gasteiger partial charge in [-0.1, -0.05) is 71.7 Å². The Morgan fingerprint density at radius 2 is 1.84 bits per heavy atom. The molecular formula is C29H35BCl2N4O2. The van der Waals surface area contributed by atoms with Crippen molar-refractivity contribution in [2.45, 2.75) is 37.8 Å². The van der Waals surface area contributed by atoms with Crippen molar-refractivity contribution in [2.75, 3.05) is 32.7 Å². The van der Waals surface area contributed by atoms with E-state index in [0.717, 1.165) is 44.5 Å². The maximum atomic E-state index is 13.8. The van der Waals surface area contributed by atoms with Gasteiger partial charge in [0, 0.05) is 48.7 Å². The molecule has 1 fully saturated rings. The molecule has 2 amide bonds. The summed E-state index contributed by atoms with van der Waals surface area (Å²) in [6.45, 7) is 3.68. The molecule has 200 valence electrons. The van der Waals surface area contributed by atoms with Crippen LogP contribution in [0.3, 0.4) is 0 Å². The number of piperazine rings is 1. The Hall–Kier alpha value is -2.58. The molecule has 0 aromatic heterocycles. The second-order valence-corrected chi connectivity index (χ2v) is 10.9. The average Bonchev–Trinajstić information content (AvgIpc) is 2.91. The van der Waals surface area contributed by atoms with Crippen LogP contribution in [0.25, 0.3) is 10.8 Å². The van der Waals surface area contributed by atoms with E-state index in [-0.39, 0.29) is 17.8 Å². The van der Waals surface area contributed by atoms with Crippen LogP contribution in [0.1, 0.15) is 24.0 Å². The van der Waals surface area contributed by atoms with Crippen LogP contribution in [0.15, 0.2) is 60.7 Å². The molecule has 1 aliphatic rings. The van der Waals surface area contributed by atoms with Crippen molar-refractivity contribution in [3.63, 3.8) is 0 Å². The number of nitrogens with zero attached hydrogens (tertiary/aromatic N) is 2. The number of hydrogen-bond acceptors (Lipinski definition) is 4. The van der Waals surface area contributed by atoms with Crippen molar-refractivity contribution in [2.24, 2.45) is 5.73 Å². The number of carbonyl (C=O) groups is 2. The molecule has 0 spiro atoms. The fourth-order valence-corrected chi connectivity index (χ4v) is 5.73. The summed E-state index contributed by atoms with van der Waals surface area (Å²) in [7, 11) is 1.43. The summed E-state index contributed by atoms with van der Waals surface area (Å²) in [5, 5.41) is 6.38. The second kappa shape index (κ2) is 13.5. The Labute approximate surface area is 235 Å². The molecule has 9 heteroatoms. The summed E-state index contributed by atoms with van der Waals surface area (Å²) in [6, 6.07) is 19.6. The van der Waals surface area contributed by atoms with Crippen LogP contribution in [0.5, 0.6) is 0 Å². The van der Waals surface area contributed by atoms with Gasteiger partial charge in [-0.2, -0.15) is 0 Å². The zero-order valence-corrected chi connectivity index (χ0v) is 23.3. The van der Waals surface area contributed by atoms with E-state index in [1.54, 1.807) is 12.1 Å². The van der Waals surface area contributed by atoms with Crippen LogP contribution in [-0.4, -0.2) is 74.2 Å². The predicted molar refractivity (Wildman–Crippen MR) is 159 cm³/mol. The average molecular weight is 553 g/mol. The highest BCUT2D eigenvalue weighted by Crippen LogP contribution is 2.24. The summed E-state index contributed by atoms with van der Waals surface area (Å²) in [5.74, 6) is -0.330. The molecule has 1 saturated heterocycles. The first-order valence-corrected chi connectivity index (χ1v) is 14.0. The van der Waals surface area contributed by atoms with Gasteiger partial charge in [-0.25, -0.2) is 0 Å². The molecule has 0 saturated carbocycles. The van der Waals surface area contributed by atoms with Gasteiger partial charge in [-0.05, 0) is 59.8 Å². The van der Waals surface area contributed by atoms with Crippen LogP contribution >= 0.6 is 23.2 Å². The second-order valence-electron chi connectivity index (χ2n) is 10.0. The Morgan fingerprint density at radius 3 is 2.58 bits per heavy atom. The number of halogens is 2. The van der Waals surface area contributed by atoms with E-state index >= 15 is 0 Å². The predicted octanol–water partition coefficient (Wildman–Crippen LogP) is 3.89. The molecular weight excluding hydrogens is 518 g/mol. The minimum atomic E-state index is -0.698. The van der Waals surface area contributed by atoms with Gasteiger partial charge in [0.15, 0.2) is 5.81 Å². The fourth-order valence-electron chi connectivity index (χ4n) is 5.25. The molecule has 3 aromatic rings. The van der Waals surface area contributed by atoms with E-state index in [9.17, 15) is 9.59 Å². The third kappa shape index (κ3) is 7.51. The Morgan fingerprint density at radius 1 is 1.05 bits per heavy atom. The molecule has 1 heterocycles. The smallest absolute Gasteiger partial charge is 0.245 e. The van der Waals surface area contributed by atoms with E-state index < -0.39 is 6.04 Å². The van der Waals surface area contributed by atoms with Crippen LogP contribution in [0.4, 0.5) is 4.79 Å². The van der Waals surface area contributed by atoms with Crippen molar-refractivity contribution in [1.82, 2.24) is 15.1 Å². The minimum absolute atomic E-state index is 0.0355. The van der Waals surface area contributed by atoms with Gasteiger partial charge in [0.2, 0.25) is 13.8 Å². The van der Waals surface area contributed by atoms with E-state index in [1.165, 1.54) is 24.2 Å². The number of benzene rings is 3. The summed E-state index contributed by atoms with van der Waals surface area (Å²) < 4.78 is 0. The van der Waals surface area contributed by atoms with E-state index in [2.05, 4.69) is 52.7 Å². The van der Waals surface area contributed by atoms with Crippen molar-refractivity contribution < 1.29 is 9.59 Å². The minimum Gasteiger partial charge on any atom is -0.353 e. The number of nitrogens with two attached hydrogens (primary N) is 1. The first kappa shape index (κ1) is 28.4. The summed E-state index contributed by atoms with van der Waals surface area (Å²) in [6.07, 6.45) is 2.91. The van der Waals surface area contributed by atoms with Crippen LogP contribution in [0, 0.1) is 0 Å². The number of amides is 2. The molecule has 0 unspecified atom stereocenters. The quantitative estimate of drug-likeness (QED) is 0.374. The number of fused-ring (bicyclic) bond motifs is 1. The summed E-state index contributed by atoms with van der Waals surface area (Å²) >= 11 is 12.4. The van der Waals surface area contributed by atoms with Crippen LogP contribution in [0.2, 0.25) is 10.0 Å². The van der Waals surface area contributed by atoms with Gasteiger partial charge in [0.1, 0.15) is 6.04 Å². The lowest BCUT2D eigenvalue weighted by Crippen LogP contribution is -2.60. The molecule has 3 N–H and O–H groups in total. The van der Waals surface area contributed by atoms with E-state index in [1.807, 2.05) is 11.0 Å². The molecule has 2 atom stereocenters. The Balaban J connectivity index is 1.44. The van der Waals surface area contributed by atoms with Crippen molar-refractivity contribution in [3.8, 4) is 0 Å². The maximum Gasteiger partial charge on any atom is 0.245 e. The van der Waals surface area contributed by atoms with Gasteiger partial charge in [0.25, 0.3) is 0 Å². The lowest BCUT2D eigenvalue weighted by Gasteiger charge is -2.43. The molecule has 0 radical (unpaired) electrons. The Bertz CT molecular complexity index is 1270.